The van der Waals surface area contributed by atoms with Gasteiger partial charge in [-0.05, 0) is 38.7 Å². The number of hydrogen-bond donors (Lipinski definition) is 0. The molecule has 5 heteroatoms. The molecule has 25 heavy (non-hydrogen) atoms. The molecule has 1 aliphatic rings. The average Bonchev–Trinajstić information content (AvgIpc) is 3.07. The molecule has 1 amide bonds. The van der Waals surface area contributed by atoms with Gasteiger partial charge in [-0.1, -0.05) is 29.8 Å². The predicted molar refractivity (Wildman–Crippen MR) is 103 cm³/mol. The second-order valence-corrected chi connectivity index (χ2v) is 7.87. The number of likely N-dealkylation sites (N-methyl/N-ethyl adjacent to an activating group) is 1. The van der Waals surface area contributed by atoms with Crippen LogP contribution in [0.1, 0.15) is 17.0 Å². The molecular formula is C20H25N3OS. The van der Waals surface area contributed by atoms with Gasteiger partial charge in [-0.2, -0.15) is 0 Å². The van der Waals surface area contributed by atoms with Crippen LogP contribution in [-0.2, 0) is 4.79 Å². The van der Waals surface area contributed by atoms with E-state index in [4.69, 9.17) is 0 Å². The lowest BCUT2D eigenvalue weighted by Gasteiger charge is -2.25. The molecule has 1 fully saturated rings. The maximum Gasteiger partial charge on any atom is 0.233 e. The first kappa shape index (κ1) is 18.0. The van der Waals surface area contributed by atoms with Crippen molar-refractivity contribution in [1.29, 1.82) is 0 Å². The van der Waals surface area contributed by atoms with E-state index in [1.807, 2.05) is 17.0 Å². The summed E-state index contributed by atoms with van der Waals surface area (Å²) >= 11 is 1.58. The molecule has 0 aliphatic carbocycles. The Labute approximate surface area is 154 Å². The first-order valence-corrected chi connectivity index (χ1v) is 9.57. The summed E-state index contributed by atoms with van der Waals surface area (Å²) in [5.74, 6) is 1.05. The van der Waals surface area contributed by atoms with Crippen LogP contribution in [0.25, 0.3) is 0 Å². The molecule has 1 saturated heterocycles. The lowest BCUT2D eigenvalue weighted by Crippen LogP contribution is -2.36. The minimum Gasteiger partial charge on any atom is -0.340 e. The van der Waals surface area contributed by atoms with Gasteiger partial charge in [0.05, 0.1) is 5.75 Å². The van der Waals surface area contributed by atoms with Crippen LogP contribution in [0.2, 0.25) is 0 Å². The van der Waals surface area contributed by atoms with Crippen LogP contribution in [0.15, 0.2) is 53.7 Å². The highest BCUT2D eigenvalue weighted by Crippen LogP contribution is 2.31. The Hall–Kier alpha value is -1.85. The second-order valence-electron chi connectivity index (χ2n) is 6.82. The number of carbonyl (C=O) groups excluding carboxylic acids is 1. The van der Waals surface area contributed by atoms with Crippen LogP contribution in [0, 0.1) is 6.92 Å². The highest BCUT2D eigenvalue weighted by atomic mass is 32.2. The molecular weight excluding hydrogens is 330 g/mol. The number of aryl methyl sites for hydroxylation is 1. The zero-order chi connectivity index (χ0) is 17.8. The van der Waals surface area contributed by atoms with E-state index in [-0.39, 0.29) is 5.91 Å². The number of benzene rings is 1. The van der Waals surface area contributed by atoms with Crippen LogP contribution < -0.4 is 0 Å². The van der Waals surface area contributed by atoms with E-state index in [0.29, 0.717) is 17.7 Å². The van der Waals surface area contributed by atoms with Gasteiger partial charge in [-0.15, -0.1) is 11.8 Å². The fourth-order valence-corrected chi connectivity index (χ4v) is 4.11. The molecule has 4 nitrogen and oxygen atoms in total. The van der Waals surface area contributed by atoms with Crippen molar-refractivity contribution in [3.05, 3.63) is 59.9 Å². The van der Waals surface area contributed by atoms with Crippen molar-refractivity contribution >= 4 is 17.7 Å². The largest absolute Gasteiger partial charge is 0.340 e. The van der Waals surface area contributed by atoms with Gasteiger partial charge in [0.2, 0.25) is 5.91 Å². The third-order valence-electron chi connectivity index (χ3n) is 4.82. The lowest BCUT2D eigenvalue weighted by molar-refractivity contribution is -0.127. The van der Waals surface area contributed by atoms with Crippen molar-refractivity contribution < 1.29 is 4.79 Å². The Bertz CT molecular complexity index is 703. The standard InChI is InChI=1S/C20H25N3OS/c1-15-4-6-16(7-5-15)18-12-23(13-19(18)22(2)3)20(24)14-25-17-8-10-21-11-9-17/h4-11,18-19H,12-14H2,1-3H3/t18-,19+/m0/s1. The molecule has 1 aromatic heterocycles. The molecule has 132 valence electrons. The van der Waals surface area contributed by atoms with Crippen LogP contribution >= 0.6 is 11.8 Å². The third kappa shape index (κ3) is 4.41. The average molecular weight is 356 g/mol. The van der Waals surface area contributed by atoms with E-state index in [9.17, 15) is 4.79 Å². The quantitative estimate of drug-likeness (QED) is 0.773. The van der Waals surface area contributed by atoms with Gasteiger partial charge in [0.1, 0.15) is 0 Å². The van der Waals surface area contributed by atoms with Crippen molar-refractivity contribution in [2.45, 2.75) is 23.8 Å². The number of aromatic nitrogens is 1. The molecule has 0 spiro atoms. The van der Waals surface area contributed by atoms with Gasteiger partial charge in [-0.3, -0.25) is 9.78 Å². The highest BCUT2D eigenvalue weighted by molar-refractivity contribution is 8.00. The first-order chi connectivity index (χ1) is 12.0. The normalized spacial score (nSPS) is 20.2. The number of rotatable bonds is 5. The monoisotopic (exact) mass is 355 g/mol. The van der Waals surface area contributed by atoms with E-state index in [1.54, 1.807) is 24.2 Å². The molecule has 0 N–H and O–H groups in total. The zero-order valence-electron chi connectivity index (χ0n) is 15.1. The fraction of sp³-hybridized carbons (Fsp3) is 0.400. The molecule has 1 aliphatic heterocycles. The number of amides is 1. The van der Waals surface area contributed by atoms with Crippen LogP contribution in [0.4, 0.5) is 0 Å². The van der Waals surface area contributed by atoms with E-state index in [0.717, 1.165) is 18.0 Å². The molecule has 1 aromatic carbocycles. The van der Waals surface area contributed by atoms with E-state index in [2.05, 4.69) is 55.2 Å². The Morgan fingerprint density at radius 3 is 2.48 bits per heavy atom. The summed E-state index contributed by atoms with van der Waals surface area (Å²) in [5.41, 5.74) is 2.59. The van der Waals surface area contributed by atoms with E-state index in [1.165, 1.54) is 11.1 Å². The smallest absolute Gasteiger partial charge is 0.233 e. The van der Waals surface area contributed by atoms with Gasteiger partial charge in [0.15, 0.2) is 0 Å². The van der Waals surface area contributed by atoms with Crippen LogP contribution in [0.5, 0.6) is 0 Å². The third-order valence-corrected chi connectivity index (χ3v) is 5.82. The fourth-order valence-electron chi connectivity index (χ4n) is 3.33. The number of nitrogens with zero attached hydrogens (tertiary/aromatic N) is 3. The second kappa shape index (κ2) is 8.02. The van der Waals surface area contributed by atoms with Crippen molar-refractivity contribution in [2.75, 3.05) is 32.9 Å². The SMILES string of the molecule is Cc1ccc([C@@H]2CN(C(=O)CSc3ccncc3)C[C@H]2N(C)C)cc1. The lowest BCUT2D eigenvalue weighted by atomic mass is 9.93. The minimum absolute atomic E-state index is 0.211. The molecule has 0 unspecified atom stereocenters. The highest BCUT2D eigenvalue weighted by Gasteiger charge is 2.37. The summed E-state index contributed by atoms with van der Waals surface area (Å²) in [6.07, 6.45) is 3.52. The summed E-state index contributed by atoms with van der Waals surface area (Å²) in [4.78, 5) is 22.0. The summed E-state index contributed by atoms with van der Waals surface area (Å²) in [5, 5.41) is 0. The summed E-state index contributed by atoms with van der Waals surface area (Å²) < 4.78 is 0. The Kier molecular flexibility index (Phi) is 5.76. The Morgan fingerprint density at radius 2 is 1.84 bits per heavy atom. The van der Waals surface area contributed by atoms with Gasteiger partial charge >= 0.3 is 0 Å². The van der Waals surface area contributed by atoms with Gasteiger partial charge in [-0.25, -0.2) is 0 Å². The van der Waals surface area contributed by atoms with E-state index < -0.39 is 0 Å². The number of likely N-dealkylation sites (tertiary alicyclic amines) is 1. The van der Waals surface area contributed by atoms with Gasteiger partial charge in [0.25, 0.3) is 0 Å². The topological polar surface area (TPSA) is 36.4 Å². The molecule has 2 aromatic rings. The Morgan fingerprint density at radius 1 is 1.16 bits per heavy atom. The van der Waals surface area contributed by atoms with E-state index >= 15 is 0 Å². The maximum atomic E-state index is 12.7. The zero-order valence-corrected chi connectivity index (χ0v) is 15.9. The van der Waals surface area contributed by atoms with Crippen molar-refractivity contribution in [2.24, 2.45) is 0 Å². The van der Waals surface area contributed by atoms with Gasteiger partial charge in [0, 0.05) is 42.3 Å². The number of carbonyl (C=O) groups is 1. The molecule has 2 heterocycles. The summed E-state index contributed by atoms with van der Waals surface area (Å²) in [6.45, 7) is 3.69. The summed E-state index contributed by atoms with van der Waals surface area (Å²) in [7, 11) is 4.21. The predicted octanol–water partition coefficient (Wildman–Crippen LogP) is 3.04. The summed E-state index contributed by atoms with van der Waals surface area (Å²) in [6, 6.07) is 13.0. The Balaban J connectivity index is 1.66. The minimum atomic E-state index is 0.211. The molecule has 0 bridgehead atoms. The molecule has 0 radical (unpaired) electrons. The van der Waals surface area contributed by atoms with Crippen LogP contribution in [0.3, 0.4) is 0 Å². The van der Waals surface area contributed by atoms with Crippen molar-refractivity contribution in [1.82, 2.24) is 14.8 Å². The number of hydrogen-bond acceptors (Lipinski definition) is 4. The first-order valence-electron chi connectivity index (χ1n) is 8.58. The van der Waals surface area contributed by atoms with Gasteiger partial charge < -0.3 is 9.80 Å². The molecule has 0 saturated carbocycles. The van der Waals surface area contributed by atoms with Crippen molar-refractivity contribution in [3.63, 3.8) is 0 Å². The van der Waals surface area contributed by atoms with Crippen LogP contribution in [-0.4, -0.2) is 59.7 Å². The van der Waals surface area contributed by atoms with Crippen molar-refractivity contribution in [3.8, 4) is 0 Å². The maximum absolute atomic E-state index is 12.7. The molecule has 2 atom stereocenters. The number of thioether (sulfide) groups is 1. The number of pyridine rings is 1. The molecule has 3 rings (SSSR count).